The highest BCUT2D eigenvalue weighted by Crippen LogP contribution is 2.28. The van der Waals surface area contributed by atoms with Crippen molar-refractivity contribution in [3.8, 4) is 0 Å². The molecule has 130 valence electrons. The minimum Gasteiger partial charge on any atom is -0.292 e. The third kappa shape index (κ3) is 3.15. The van der Waals surface area contributed by atoms with Gasteiger partial charge in [0.15, 0.2) is 28.9 Å². The van der Waals surface area contributed by atoms with Crippen molar-refractivity contribution in [2.75, 3.05) is 0 Å². The zero-order valence-corrected chi connectivity index (χ0v) is 14.8. The van der Waals surface area contributed by atoms with E-state index in [4.69, 9.17) is 0 Å². The topological polar surface area (TPSA) is 60.2 Å². The lowest BCUT2D eigenvalue weighted by Crippen LogP contribution is -2.13. The highest BCUT2D eigenvalue weighted by atomic mass is 79.9. The molecule has 0 fully saturated rings. The molecular weight excluding hydrogens is 401 g/mol. The molecule has 3 rings (SSSR count). The van der Waals surface area contributed by atoms with Gasteiger partial charge in [-0.25, -0.2) is 13.2 Å². The van der Waals surface area contributed by atoms with Crippen molar-refractivity contribution in [3.63, 3.8) is 0 Å². The van der Waals surface area contributed by atoms with E-state index < -0.39 is 33.6 Å². The number of fused-ring (bicyclic) bond motifs is 1. The third-order valence-electron chi connectivity index (χ3n) is 3.59. The number of nitrogens with zero attached hydrogens (tertiary/aromatic N) is 4. The van der Waals surface area contributed by atoms with Gasteiger partial charge < -0.3 is 0 Å². The number of hydrogen-bond donors (Lipinski definition) is 0. The Morgan fingerprint density at radius 2 is 1.76 bits per heavy atom. The largest absolute Gasteiger partial charge is 0.292 e. The van der Waals surface area contributed by atoms with E-state index in [0.29, 0.717) is 23.6 Å². The van der Waals surface area contributed by atoms with Crippen LogP contribution in [0.5, 0.6) is 0 Å². The Balaban J connectivity index is 2.01. The molecule has 2 aromatic heterocycles. The summed E-state index contributed by atoms with van der Waals surface area (Å²) < 4.78 is 41.7. The van der Waals surface area contributed by atoms with E-state index in [1.807, 2.05) is 13.8 Å². The van der Waals surface area contributed by atoms with Crippen LogP contribution in [-0.4, -0.2) is 25.6 Å². The van der Waals surface area contributed by atoms with Crippen LogP contribution >= 0.6 is 15.9 Å². The summed E-state index contributed by atoms with van der Waals surface area (Å²) in [5, 5.41) is 12.3. The molecule has 9 heteroatoms. The van der Waals surface area contributed by atoms with Gasteiger partial charge in [-0.2, -0.15) is 9.61 Å². The van der Waals surface area contributed by atoms with Gasteiger partial charge in [-0.15, -0.1) is 10.2 Å². The summed E-state index contributed by atoms with van der Waals surface area (Å²) in [5.41, 5.74) is 0.206. The molecule has 0 saturated carbocycles. The van der Waals surface area contributed by atoms with E-state index in [1.54, 1.807) is 6.07 Å². The van der Waals surface area contributed by atoms with Crippen LogP contribution in [0.15, 0.2) is 24.3 Å². The second kappa shape index (κ2) is 6.55. The number of benzene rings is 1. The smallest absolute Gasteiger partial charge is 0.185 e. The van der Waals surface area contributed by atoms with Crippen LogP contribution in [0, 0.1) is 17.5 Å². The van der Waals surface area contributed by atoms with E-state index in [1.165, 1.54) is 10.6 Å². The van der Waals surface area contributed by atoms with Crippen LogP contribution in [0.3, 0.4) is 0 Å². The molecule has 0 aliphatic rings. The number of alkyl halides is 1. The molecule has 5 nitrogen and oxygen atoms in total. The molecule has 2 heterocycles. The number of ketones is 1. The van der Waals surface area contributed by atoms with Crippen LogP contribution in [-0.2, 0) is 0 Å². The first-order chi connectivity index (χ1) is 11.8. The van der Waals surface area contributed by atoms with Crippen LogP contribution in [0.4, 0.5) is 13.2 Å². The molecule has 0 bridgehead atoms. The SMILES string of the molecule is CC(C)c1nnc2ccc(C(Br)C(=O)c3cc(F)c(F)cc3F)nn12. The van der Waals surface area contributed by atoms with Crippen LogP contribution < -0.4 is 0 Å². The van der Waals surface area contributed by atoms with Crippen LogP contribution in [0.2, 0.25) is 0 Å². The van der Waals surface area contributed by atoms with Gasteiger partial charge in [-0.05, 0) is 18.2 Å². The minimum absolute atomic E-state index is 0.0471. The van der Waals surface area contributed by atoms with Gasteiger partial charge in [0.2, 0.25) is 0 Å². The molecule has 25 heavy (non-hydrogen) atoms. The number of carbonyl (C=O) groups is 1. The second-order valence-electron chi connectivity index (χ2n) is 5.71. The Morgan fingerprint density at radius 1 is 1.08 bits per heavy atom. The third-order valence-corrected chi connectivity index (χ3v) is 4.47. The molecule has 0 aliphatic carbocycles. The molecular formula is C16H12BrF3N4O. The number of carbonyl (C=O) groups excluding carboxylic acids is 1. The molecule has 0 saturated heterocycles. The van der Waals surface area contributed by atoms with Crippen molar-refractivity contribution in [1.29, 1.82) is 0 Å². The van der Waals surface area contributed by atoms with Gasteiger partial charge in [-0.1, -0.05) is 29.8 Å². The Bertz CT molecular complexity index is 973. The number of halogens is 4. The fourth-order valence-electron chi connectivity index (χ4n) is 2.30. The summed E-state index contributed by atoms with van der Waals surface area (Å²) in [4.78, 5) is 11.4. The van der Waals surface area contributed by atoms with Gasteiger partial charge >= 0.3 is 0 Å². The van der Waals surface area contributed by atoms with Crippen molar-refractivity contribution >= 4 is 27.4 Å². The van der Waals surface area contributed by atoms with Crippen molar-refractivity contribution in [3.05, 3.63) is 58.8 Å². The summed E-state index contributed by atoms with van der Waals surface area (Å²) >= 11 is 3.15. The maximum absolute atomic E-state index is 13.8. The maximum Gasteiger partial charge on any atom is 0.185 e. The fourth-order valence-corrected chi connectivity index (χ4v) is 2.79. The lowest BCUT2D eigenvalue weighted by atomic mass is 10.1. The van der Waals surface area contributed by atoms with Crippen LogP contribution in [0.1, 0.15) is 46.5 Å². The Kier molecular flexibility index (Phi) is 4.59. The first kappa shape index (κ1) is 17.5. The quantitative estimate of drug-likeness (QED) is 0.369. The Morgan fingerprint density at radius 3 is 2.44 bits per heavy atom. The summed E-state index contributed by atoms with van der Waals surface area (Å²) in [6.07, 6.45) is 0. The molecule has 0 spiro atoms. The van der Waals surface area contributed by atoms with E-state index >= 15 is 0 Å². The molecule has 0 amide bonds. The van der Waals surface area contributed by atoms with Gasteiger partial charge in [0, 0.05) is 12.0 Å². The lowest BCUT2D eigenvalue weighted by Gasteiger charge is -2.11. The lowest BCUT2D eigenvalue weighted by molar-refractivity contribution is 0.0985. The zero-order chi connectivity index (χ0) is 18.3. The monoisotopic (exact) mass is 412 g/mol. The molecule has 3 aromatic rings. The number of aromatic nitrogens is 4. The minimum atomic E-state index is -1.36. The van der Waals surface area contributed by atoms with Crippen LogP contribution in [0.25, 0.3) is 5.65 Å². The normalized spacial score (nSPS) is 12.8. The van der Waals surface area contributed by atoms with E-state index in [2.05, 4.69) is 31.2 Å². The Hall–Kier alpha value is -2.29. The van der Waals surface area contributed by atoms with E-state index in [0.717, 1.165) is 0 Å². The first-order valence-electron chi connectivity index (χ1n) is 7.34. The fraction of sp³-hybridized carbons (Fsp3) is 0.250. The van der Waals surface area contributed by atoms with Crippen molar-refractivity contribution in [1.82, 2.24) is 19.8 Å². The molecule has 1 aromatic carbocycles. The molecule has 0 aliphatic heterocycles. The van der Waals surface area contributed by atoms with Gasteiger partial charge in [-0.3, -0.25) is 4.79 Å². The van der Waals surface area contributed by atoms with Crippen molar-refractivity contribution in [2.45, 2.75) is 24.6 Å². The predicted octanol–water partition coefficient (Wildman–Crippen LogP) is 3.98. The maximum atomic E-state index is 13.8. The molecule has 0 radical (unpaired) electrons. The number of rotatable bonds is 4. The average Bonchev–Trinajstić information content (AvgIpc) is 3.00. The van der Waals surface area contributed by atoms with E-state index in [-0.39, 0.29) is 11.6 Å². The number of hydrogen-bond acceptors (Lipinski definition) is 4. The predicted molar refractivity (Wildman–Crippen MR) is 87.2 cm³/mol. The van der Waals surface area contributed by atoms with Gasteiger partial charge in [0.25, 0.3) is 0 Å². The van der Waals surface area contributed by atoms with Gasteiger partial charge in [0.05, 0.1) is 11.3 Å². The summed E-state index contributed by atoms with van der Waals surface area (Å²) in [6, 6.07) is 4.03. The zero-order valence-electron chi connectivity index (χ0n) is 13.2. The Labute approximate surface area is 149 Å². The highest BCUT2D eigenvalue weighted by Gasteiger charge is 2.26. The number of Topliss-reactive ketones (excluding diaryl/α,β-unsaturated/α-hetero) is 1. The van der Waals surface area contributed by atoms with E-state index in [9.17, 15) is 18.0 Å². The molecule has 0 N–H and O–H groups in total. The standard InChI is InChI=1S/C16H12BrF3N4O/c1-7(2)16-22-21-13-4-3-12(23-24(13)16)14(17)15(25)8-5-10(19)11(20)6-9(8)18/h3-7,14H,1-2H3. The molecule has 1 unspecified atom stereocenters. The molecule has 1 atom stereocenters. The van der Waals surface area contributed by atoms with Gasteiger partial charge in [0.1, 0.15) is 10.6 Å². The highest BCUT2D eigenvalue weighted by molar-refractivity contribution is 9.09. The average molecular weight is 413 g/mol. The second-order valence-corrected chi connectivity index (χ2v) is 6.63. The first-order valence-corrected chi connectivity index (χ1v) is 8.26. The summed E-state index contributed by atoms with van der Waals surface area (Å²) in [5.74, 6) is -3.92. The van der Waals surface area contributed by atoms with Crippen molar-refractivity contribution in [2.24, 2.45) is 0 Å². The van der Waals surface area contributed by atoms with Crippen molar-refractivity contribution < 1.29 is 18.0 Å². The summed E-state index contributed by atoms with van der Waals surface area (Å²) in [6.45, 7) is 3.83. The summed E-state index contributed by atoms with van der Waals surface area (Å²) in [7, 11) is 0.